The summed E-state index contributed by atoms with van der Waals surface area (Å²) in [5, 5.41) is 10.3. The standard InChI is InChI=1S/C18H27N5O3/c1-13-4-5-16(26-13)15(23-6-8-25-9-7-23)11-20-18(24)17(19-2)14-10-21-22(3)12-14/h4-5,10,12,15,17,19H,6-9,11H2,1-3H3,(H,20,24). The second-order valence-corrected chi connectivity index (χ2v) is 6.53. The van der Waals surface area contributed by atoms with Gasteiger partial charge in [-0.05, 0) is 26.1 Å². The third-order valence-electron chi connectivity index (χ3n) is 4.65. The van der Waals surface area contributed by atoms with E-state index < -0.39 is 6.04 Å². The number of hydrogen-bond acceptors (Lipinski definition) is 6. The number of amides is 1. The van der Waals surface area contributed by atoms with Crippen molar-refractivity contribution in [3.8, 4) is 0 Å². The van der Waals surface area contributed by atoms with E-state index in [0.29, 0.717) is 19.8 Å². The molecule has 0 aromatic carbocycles. The molecule has 0 radical (unpaired) electrons. The average molecular weight is 361 g/mol. The number of carbonyl (C=O) groups excluding carboxylic acids is 1. The Kier molecular flexibility index (Phi) is 6.08. The van der Waals surface area contributed by atoms with Gasteiger partial charge in [-0.25, -0.2) is 0 Å². The summed E-state index contributed by atoms with van der Waals surface area (Å²) in [6.45, 7) is 5.43. The van der Waals surface area contributed by atoms with Gasteiger partial charge in [-0.15, -0.1) is 0 Å². The summed E-state index contributed by atoms with van der Waals surface area (Å²) in [5.74, 6) is 1.65. The van der Waals surface area contributed by atoms with Crippen molar-refractivity contribution in [2.45, 2.75) is 19.0 Å². The maximum Gasteiger partial charge on any atom is 0.241 e. The van der Waals surface area contributed by atoms with Crippen LogP contribution >= 0.6 is 0 Å². The number of ether oxygens (including phenoxy) is 1. The average Bonchev–Trinajstić information content (AvgIpc) is 3.25. The predicted molar refractivity (Wildman–Crippen MR) is 96.6 cm³/mol. The Bertz CT molecular complexity index is 720. The number of likely N-dealkylation sites (N-methyl/N-ethyl adjacent to an activating group) is 1. The van der Waals surface area contributed by atoms with E-state index >= 15 is 0 Å². The fraction of sp³-hybridized carbons (Fsp3) is 0.556. The molecule has 0 spiro atoms. The van der Waals surface area contributed by atoms with Gasteiger partial charge in [0.15, 0.2) is 0 Å². The van der Waals surface area contributed by atoms with Crippen LogP contribution in [-0.4, -0.2) is 60.5 Å². The SMILES string of the molecule is CNC(C(=O)NCC(c1ccc(C)o1)N1CCOCC1)c1cnn(C)c1. The number of aromatic nitrogens is 2. The summed E-state index contributed by atoms with van der Waals surface area (Å²) < 4.78 is 13.0. The minimum atomic E-state index is -0.438. The molecule has 8 heteroatoms. The lowest BCUT2D eigenvalue weighted by Crippen LogP contribution is -2.45. The van der Waals surface area contributed by atoms with Crippen molar-refractivity contribution in [3.05, 3.63) is 41.6 Å². The summed E-state index contributed by atoms with van der Waals surface area (Å²) >= 11 is 0. The summed E-state index contributed by atoms with van der Waals surface area (Å²) in [5.41, 5.74) is 0.837. The van der Waals surface area contributed by atoms with Crippen molar-refractivity contribution in [2.24, 2.45) is 7.05 Å². The van der Waals surface area contributed by atoms with E-state index in [2.05, 4.69) is 20.6 Å². The maximum absolute atomic E-state index is 12.7. The van der Waals surface area contributed by atoms with Crippen LogP contribution in [0.3, 0.4) is 0 Å². The van der Waals surface area contributed by atoms with Gasteiger partial charge in [0.1, 0.15) is 17.6 Å². The normalized spacial score (nSPS) is 17.8. The van der Waals surface area contributed by atoms with Crippen molar-refractivity contribution >= 4 is 5.91 Å². The van der Waals surface area contributed by atoms with Gasteiger partial charge >= 0.3 is 0 Å². The zero-order valence-corrected chi connectivity index (χ0v) is 15.6. The van der Waals surface area contributed by atoms with Crippen LogP contribution in [0.2, 0.25) is 0 Å². The predicted octanol–water partition coefficient (Wildman–Crippen LogP) is 0.772. The van der Waals surface area contributed by atoms with Gasteiger partial charge in [-0.3, -0.25) is 14.4 Å². The first kappa shape index (κ1) is 18.6. The summed E-state index contributed by atoms with van der Waals surface area (Å²) in [4.78, 5) is 15.0. The zero-order chi connectivity index (χ0) is 18.5. The molecular weight excluding hydrogens is 334 g/mol. The molecule has 142 valence electrons. The molecule has 1 fully saturated rings. The lowest BCUT2D eigenvalue weighted by molar-refractivity contribution is -0.123. The van der Waals surface area contributed by atoms with Crippen LogP contribution in [0, 0.1) is 6.92 Å². The van der Waals surface area contributed by atoms with E-state index in [1.165, 1.54) is 0 Å². The monoisotopic (exact) mass is 361 g/mol. The Morgan fingerprint density at radius 3 is 2.69 bits per heavy atom. The number of carbonyl (C=O) groups is 1. The third-order valence-corrected chi connectivity index (χ3v) is 4.65. The minimum absolute atomic E-state index is 0.0112. The molecule has 1 amide bonds. The number of rotatable bonds is 7. The molecule has 0 bridgehead atoms. The molecule has 0 aliphatic carbocycles. The Morgan fingerprint density at radius 1 is 1.35 bits per heavy atom. The Hall–Kier alpha value is -2.16. The molecule has 2 unspecified atom stereocenters. The Balaban J connectivity index is 1.69. The van der Waals surface area contributed by atoms with Crippen molar-refractivity contribution in [1.29, 1.82) is 0 Å². The van der Waals surface area contributed by atoms with Gasteiger partial charge in [0, 0.05) is 38.4 Å². The quantitative estimate of drug-likeness (QED) is 0.758. The smallest absolute Gasteiger partial charge is 0.241 e. The molecule has 1 aliphatic heterocycles. The van der Waals surface area contributed by atoms with Crippen LogP contribution in [0.4, 0.5) is 0 Å². The first-order chi connectivity index (χ1) is 12.6. The number of nitrogens with one attached hydrogen (secondary N) is 2. The number of furan rings is 1. The molecule has 2 aromatic rings. The maximum atomic E-state index is 12.7. The molecular formula is C18H27N5O3. The van der Waals surface area contributed by atoms with Crippen molar-refractivity contribution in [2.75, 3.05) is 39.9 Å². The summed E-state index contributed by atoms with van der Waals surface area (Å²) in [6.07, 6.45) is 3.55. The number of nitrogens with zero attached hydrogens (tertiary/aromatic N) is 3. The van der Waals surface area contributed by atoms with Gasteiger partial charge in [-0.2, -0.15) is 5.10 Å². The second-order valence-electron chi connectivity index (χ2n) is 6.53. The molecule has 1 saturated heterocycles. The molecule has 2 atom stereocenters. The molecule has 0 saturated carbocycles. The largest absolute Gasteiger partial charge is 0.465 e. The van der Waals surface area contributed by atoms with Gasteiger partial charge in [-0.1, -0.05) is 0 Å². The number of hydrogen-bond donors (Lipinski definition) is 2. The fourth-order valence-electron chi connectivity index (χ4n) is 3.27. The van der Waals surface area contributed by atoms with E-state index in [1.807, 2.05) is 32.3 Å². The van der Waals surface area contributed by atoms with E-state index in [-0.39, 0.29) is 11.9 Å². The molecule has 3 rings (SSSR count). The highest BCUT2D eigenvalue weighted by Crippen LogP contribution is 2.23. The van der Waals surface area contributed by atoms with Gasteiger partial charge in [0.25, 0.3) is 0 Å². The van der Waals surface area contributed by atoms with Crippen LogP contribution in [0.1, 0.15) is 29.2 Å². The van der Waals surface area contributed by atoms with Crippen LogP contribution in [0.15, 0.2) is 28.9 Å². The molecule has 3 heterocycles. The highest BCUT2D eigenvalue weighted by Gasteiger charge is 2.27. The second kappa shape index (κ2) is 8.48. The van der Waals surface area contributed by atoms with E-state index in [0.717, 1.165) is 30.2 Å². The highest BCUT2D eigenvalue weighted by molar-refractivity contribution is 5.83. The van der Waals surface area contributed by atoms with Gasteiger partial charge in [0.2, 0.25) is 5.91 Å². The molecule has 2 N–H and O–H groups in total. The lowest BCUT2D eigenvalue weighted by Gasteiger charge is -2.33. The highest BCUT2D eigenvalue weighted by atomic mass is 16.5. The van der Waals surface area contributed by atoms with Crippen LogP contribution in [0.5, 0.6) is 0 Å². The lowest BCUT2D eigenvalue weighted by atomic mass is 10.1. The molecule has 2 aromatic heterocycles. The Labute approximate surface area is 153 Å². The van der Waals surface area contributed by atoms with Gasteiger partial charge in [0.05, 0.1) is 25.5 Å². The summed E-state index contributed by atoms with van der Waals surface area (Å²) in [7, 11) is 3.61. The van der Waals surface area contributed by atoms with E-state index in [4.69, 9.17) is 9.15 Å². The van der Waals surface area contributed by atoms with Crippen molar-refractivity contribution < 1.29 is 13.9 Å². The zero-order valence-electron chi connectivity index (χ0n) is 15.6. The third kappa shape index (κ3) is 4.32. The Morgan fingerprint density at radius 2 is 2.12 bits per heavy atom. The van der Waals surface area contributed by atoms with Gasteiger partial charge < -0.3 is 19.8 Å². The van der Waals surface area contributed by atoms with E-state index in [1.54, 1.807) is 17.9 Å². The van der Waals surface area contributed by atoms with Crippen LogP contribution in [-0.2, 0) is 16.6 Å². The number of morpholine rings is 1. The topological polar surface area (TPSA) is 84.6 Å². The van der Waals surface area contributed by atoms with Crippen molar-refractivity contribution in [1.82, 2.24) is 25.3 Å². The minimum Gasteiger partial charge on any atom is -0.465 e. The molecule has 1 aliphatic rings. The van der Waals surface area contributed by atoms with E-state index in [9.17, 15) is 4.79 Å². The van der Waals surface area contributed by atoms with Crippen LogP contribution < -0.4 is 10.6 Å². The first-order valence-electron chi connectivity index (χ1n) is 8.90. The molecule has 26 heavy (non-hydrogen) atoms. The number of aryl methyl sites for hydroxylation is 2. The van der Waals surface area contributed by atoms with Crippen LogP contribution in [0.25, 0.3) is 0 Å². The fourth-order valence-corrected chi connectivity index (χ4v) is 3.27. The molecule has 8 nitrogen and oxygen atoms in total. The van der Waals surface area contributed by atoms with Crippen molar-refractivity contribution in [3.63, 3.8) is 0 Å². The summed E-state index contributed by atoms with van der Waals surface area (Å²) in [6, 6.07) is 3.49. The first-order valence-corrected chi connectivity index (χ1v) is 8.90.